The summed E-state index contributed by atoms with van der Waals surface area (Å²) in [7, 11) is 0. The molecule has 2 aromatic heterocycles. The molecule has 0 amide bonds. The fourth-order valence-corrected chi connectivity index (χ4v) is 2.17. The van der Waals surface area contributed by atoms with E-state index in [9.17, 15) is 9.18 Å². The standard InChI is InChI=1S/C17H16FN3O2/c1-11(2)15-9-19-16(23-15)10-21-17(22)8-7-14(20-21)12-5-3-4-6-13(12)18/h3-9,11H,10H2,1-2H3. The first-order valence-corrected chi connectivity index (χ1v) is 7.32. The Hall–Kier alpha value is -2.76. The molecule has 0 aliphatic carbocycles. The number of hydrogen-bond acceptors (Lipinski definition) is 4. The van der Waals surface area contributed by atoms with Crippen LogP contribution in [0.15, 0.2) is 51.8 Å². The predicted octanol–water partition coefficient (Wildman–Crippen LogP) is 3.21. The molecular weight excluding hydrogens is 297 g/mol. The van der Waals surface area contributed by atoms with Gasteiger partial charge in [-0.3, -0.25) is 4.79 Å². The van der Waals surface area contributed by atoms with Crippen LogP contribution >= 0.6 is 0 Å². The van der Waals surface area contributed by atoms with Gasteiger partial charge in [-0.25, -0.2) is 14.1 Å². The molecule has 0 fully saturated rings. The van der Waals surface area contributed by atoms with Gasteiger partial charge in [0.15, 0.2) is 0 Å². The number of nitrogens with zero attached hydrogens (tertiary/aromatic N) is 3. The van der Waals surface area contributed by atoms with Gasteiger partial charge in [-0.15, -0.1) is 0 Å². The first kappa shape index (κ1) is 15.1. The zero-order valence-electron chi connectivity index (χ0n) is 12.9. The molecule has 3 rings (SSSR count). The van der Waals surface area contributed by atoms with Crippen LogP contribution in [0.5, 0.6) is 0 Å². The Morgan fingerprint density at radius 2 is 2.00 bits per heavy atom. The van der Waals surface area contributed by atoms with E-state index in [1.165, 1.54) is 22.9 Å². The second kappa shape index (κ2) is 6.16. The number of halogens is 1. The Kier molecular flexibility index (Phi) is 4.06. The highest BCUT2D eigenvalue weighted by Gasteiger charge is 2.11. The van der Waals surface area contributed by atoms with Crippen LogP contribution in [-0.2, 0) is 6.54 Å². The van der Waals surface area contributed by atoms with Crippen LogP contribution in [0.3, 0.4) is 0 Å². The third kappa shape index (κ3) is 3.21. The van der Waals surface area contributed by atoms with Crippen molar-refractivity contribution in [3.8, 4) is 11.3 Å². The molecule has 0 spiro atoms. The molecule has 0 unspecified atom stereocenters. The Bertz CT molecular complexity index is 883. The molecule has 1 aromatic carbocycles. The van der Waals surface area contributed by atoms with Crippen LogP contribution in [0, 0.1) is 5.82 Å². The quantitative estimate of drug-likeness (QED) is 0.742. The fraction of sp³-hybridized carbons (Fsp3) is 0.235. The highest BCUT2D eigenvalue weighted by Crippen LogP contribution is 2.19. The summed E-state index contributed by atoms with van der Waals surface area (Å²) < 4.78 is 20.7. The lowest BCUT2D eigenvalue weighted by Gasteiger charge is -2.06. The highest BCUT2D eigenvalue weighted by molar-refractivity contribution is 5.58. The molecule has 0 radical (unpaired) electrons. The highest BCUT2D eigenvalue weighted by atomic mass is 19.1. The van der Waals surface area contributed by atoms with E-state index < -0.39 is 0 Å². The molecule has 5 nitrogen and oxygen atoms in total. The predicted molar refractivity (Wildman–Crippen MR) is 83.6 cm³/mol. The molecule has 0 aliphatic heterocycles. The van der Waals surface area contributed by atoms with Crippen molar-refractivity contribution >= 4 is 0 Å². The first-order valence-electron chi connectivity index (χ1n) is 7.32. The zero-order valence-corrected chi connectivity index (χ0v) is 12.9. The van der Waals surface area contributed by atoms with Crippen LogP contribution in [0.1, 0.15) is 31.4 Å². The summed E-state index contributed by atoms with van der Waals surface area (Å²) in [6, 6.07) is 9.17. The van der Waals surface area contributed by atoms with Crippen molar-refractivity contribution in [1.82, 2.24) is 14.8 Å². The van der Waals surface area contributed by atoms with Gasteiger partial charge in [0, 0.05) is 17.5 Å². The molecule has 0 saturated carbocycles. The van der Waals surface area contributed by atoms with Gasteiger partial charge in [0.1, 0.15) is 18.1 Å². The van der Waals surface area contributed by atoms with Crippen molar-refractivity contribution in [1.29, 1.82) is 0 Å². The third-order valence-corrected chi connectivity index (χ3v) is 3.44. The van der Waals surface area contributed by atoms with E-state index in [0.29, 0.717) is 17.1 Å². The molecule has 2 heterocycles. The van der Waals surface area contributed by atoms with Crippen molar-refractivity contribution in [2.75, 3.05) is 0 Å². The minimum atomic E-state index is -0.386. The van der Waals surface area contributed by atoms with E-state index in [1.807, 2.05) is 13.8 Å². The van der Waals surface area contributed by atoms with Crippen molar-refractivity contribution in [3.05, 3.63) is 70.4 Å². The van der Waals surface area contributed by atoms with Crippen LogP contribution in [0.25, 0.3) is 11.3 Å². The lowest BCUT2D eigenvalue weighted by molar-refractivity contribution is 0.416. The average Bonchev–Trinajstić information content (AvgIpc) is 2.99. The second-order valence-electron chi connectivity index (χ2n) is 5.51. The summed E-state index contributed by atoms with van der Waals surface area (Å²) in [5.74, 6) is 0.974. The lowest BCUT2D eigenvalue weighted by Crippen LogP contribution is -2.23. The van der Waals surface area contributed by atoms with E-state index in [4.69, 9.17) is 4.42 Å². The molecule has 0 bridgehead atoms. The summed E-state index contributed by atoms with van der Waals surface area (Å²) in [4.78, 5) is 16.1. The molecular formula is C17H16FN3O2. The van der Waals surface area contributed by atoms with Crippen LogP contribution in [-0.4, -0.2) is 14.8 Å². The van der Waals surface area contributed by atoms with Gasteiger partial charge in [-0.2, -0.15) is 5.10 Å². The van der Waals surface area contributed by atoms with Crippen LogP contribution < -0.4 is 5.56 Å². The third-order valence-electron chi connectivity index (χ3n) is 3.44. The topological polar surface area (TPSA) is 60.9 Å². The number of rotatable bonds is 4. The van der Waals surface area contributed by atoms with Gasteiger partial charge in [-0.1, -0.05) is 26.0 Å². The molecule has 6 heteroatoms. The SMILES string of the molecule is CC(C)c1cnc(Cn2nc(-c3ccccc3F)ccc2=O)o1. The Morgan fingerprint density at radius 3 is 2.70 bits per heavy atom. The van der Waals surface area contributed by atoms with Gasteiger partial charge in [0.25, 0.3) is 5.56 Å². The van der Waals surface area contributed by atoms with E-state index >= 15 is 0 Å². The molecule has 0 aliphatic rings. The van der Waals surface area contributed by atoms with E-state index in [2.05, 4.69) is 10.1 Å². The summed E-state index contributed by atoms with van der Waals surface area (Å²) >= 11 is 0. The Labute approximate surface area is 132 Å². The molecule has 23 heavy (non-hydrogen) atoms. The Balaban J connectivity index is 1.95. The van der Waals surface area contributed by atoms with E-state index in [1.54, 1.807) is 24.4 Å². The van der Waals surface area contributed by atoms with E-state index in [-0.39, 0.29) is 23.8 Å². The van der Waals surface area contributed by atoms with Crippen molar-refractivity contribution in [3.63, 3.8) is 0 Å². The monoisotopic (exact) mass is 313 g/mol. The zero-order chi connectivity index (χ0) is 16.4. The van der Waals surface area contributed by atoms with Crippen molar-refractivity contribution in [2.45, 2.75) is 26.3 Å². The summed E-state index contributed by atoms with van der Waals surface area (Å²) in [6.07, 6.45) is 1.64. The fourth-order valence-electron chi connectivity index (χ4n) is 2.17. The normalized spacial score (nSPS) is 11.1. The summed E-state index contributed by atoms with van der Waals surface area (Å²) in [5, 5.41) is 4.22. The first-order chi connectivity index (χ1) is 11.0. The van der Waals surface area contributed by atoms with Gasteiger partial charge < -0.3 is 4.42 Å². The minimum Gasteiger partial charge on any atom is -0.443 e. The van der Waals surface area contributed by atoms with Crippen molar-refractivity contribution in [2.24, 2.45) is 0 Å². The van der Waals surface area contributed by atoms with Gasteiger partial charge in [0.2, 0.25) is 5.89 Å². The molecule has 0 N–H and O–H groups in total. The number of benzene rings is 1. The molecule has 0 saturated heterocycles. The van der Waals surface area contributed by atoms with Gasteiger partial charge in [-0.05, 0) is 18.2 Å². The van der Waals surface area contributed by atoms with Crippen LogP contribution in [0.4, 0.5) is 4.39 Å². The Morgan fingerprint density at radius 1 is 1.22 bits per heavy atom. The van der Waals surface area contributed by atoms with Gasteiger partial charge >= 0.3 is 0 Å². The lowest BCUT2D eigenvalue weighted by atomic mass is 10.1. The average molecular weight is 313 g/mol. The number of hydrogen-bond donors (Lipinski definition) is 0. The molecule has 0 atom stereocenters. The maximum atomic E-state index is 13.9. The second-order valence-corrected chi connectivity index (χ2v) is 5.51. The molecule has 3 aromatic rings. The van der Waals surface area contributed by atoms with Gasteiger partial charge in [0.05, 0.1) is 11.9 Å². The number of aromatic nitrogens is 3. The minimum absolute atomic E-state index is 0.105. The van der Waals surface area contributed by atoms with Crippen LogP contribution in [0.2, 0.25) is 0 Å². The largest absolute Gasteiger partial charge is 0.443 e. The maximum Gasteiger partial charge on any atom is 0.267 e. The molecule has 118 valence electrons. The summed E-state index contributed by atoms with van der Waals surface area (Å²) in [6.45, 7) is 4.09. The maximum absolute atomic E-state index is 13.9. The summed E-state index contributed by atoms with van der Waals surface area (Å²) in [5.41, 5.74) is 0.434. The van der Waals surface area contributed by atoms with Crippen molar-refractivity contribution < 1.29 is 8.81 Å². The smallest absolute Gasteiger partial charge is 0.267 e. The van der Waals surface area contributed by atoms with E-state index in [0.717, 1.165) is 5.76 Å². The number of oxazole rings is 1.